The zero-order chi connectivity index (χ0) is 13.0. The minimum atomic E-state index is -0.313. The van der Waals surface area contributed by atoms with Crippen molar-refractivity contribution in [3.05, 3.63) is 16.5 Å². The van der Waals surface area contributed by atoms with Crippen molar-refractivity contribution < 1.29 is 5.11 Å². The number of aromatic nitrogens is 2. The van der Waals surface area contributed by atoms with E-state index in [2.05, 4.69) is 45.1 Å². The molecule has 0 saturated carbocycles. The molecule has 0 aliphatic heterocycles. The summed E-state index contributed by atoms with van der Waals surface area (Å²) in [5.41, 5.74) is 0. The van der Waals surface area contributed by atoms with Gasteiger partial charge < -0.3 is 10.4 Å². The van der Waals surface area contributed by atoms with Crippen molar-refractivity contribution in [2.45, 2.75) is 52.2 Å². The summed E-state index contributed by atoms with van der Waals surface area (Å²) in [5.74, 6) is 1.90. The van der Waals surface area contributed by atoms with Crippen LogP contribution in [0.15, 0.2) is 10.7 Å². The average Bonchev–Trinajstić information content (AvgIpc) is 2.14. The molecule has 0 saturated heterocycles. The number of aliphatic hydroxyl groups excluding tert-OH is 1. The van der Waals surface area contributed by atoms with Crippen LogP contribution in [0.2, 0.25) is 0 Å². The van der Waals surface area contributed by atoms with Crippen molar-refractivity contribution in [3.8, 4) is 0 Å². The number of aliphatic hydroxyl groups is 1. The third-order valence-electron chi connectivity index (χ3n) is 2.32. The highest BCUT2D eigenvalue weighted by Crippen LogP contribution is 2.18. The highest BCUT2D eigenvalue weighted by Gasteiger charge is 2.10. The SMILES string of the molecule is CC(O)CC(C)Nc1cc(Br)nc(C(C)C)n1. The first-order chi connectivity index (χ1) is 7.88. The molecule has 1 rings (SSSR count). The molecule has 0 aromatic carbocycles. The van der Waals surface area contributed by atoms with Gasteiger partial charge in [0.1, 0.15) is 16.2 Å². The molecule has 2 atom stereocenters. The normalized spacial score (nSPS) is 14.8. The van der Waals surface area contributed by atoms with Crippen LogP contribution in [0.4, 0.5) is 5.82 Å². The predicted molar refractivity (Wildman–Crippen MR) is 73.2 cm³/mol. The molecule has 1 aromatic rings. The van der Waals surface area contributed by atoms with Crippen molar-refractivity contribution in [2.75, 3.05) is 5.32 Å². The van der Waals surface area contributed by atoms with Gasteiger partial charge in [0.15, 0.2) is 0 Å². The predicted octanol–water partition coefficient (Wildman–Crippen LogP) is 2.93. The average molecular weight is 302 g/mol. The number of hydrogen-bond donors (Lipinski definition) is 2. The Morgan fingerprint density at radius 2 is 1.94 bits per heavy atom. The number of nitrogens with zero attached hydrogens (tertiary/aromatic N) is 2. The zero-order valence-electron chi connectivity index (χ0n) is 10.7. The fourth-order valence-electron chi connectivity index (χ4n) is 1.59. The van der Waals surface area contributed by atoms with Crippen LogP contribution in [0.1, 0.15) is 45.9 Å². The second-order valence-electron chi connectivity index (χ2n) is 4.72. The smallest absolute Gasteiger partial charge is 0.134 e. The Labute approximate surface area is 111 Å². The maximum absolute atomic E-state index is 9.32. The van der Waals surface area contributed by atoms with Gasteiger partial charge in [-0.1, -0.05) is 13.8 Å². The topological polar surface area (TPSA) is 58.0 Å². The summed E-state index contributed by atoms with van der Waals surface area (Å²) >= 11 is 3.38. The van der Waals surface area contributed by atoms with E-state index in [9.17, 15) is 5.11 Å². The van der Waals surface area contributed by atoms with E-state index in [0.717, 1.165) is 16.2 Å². The summed E-state index contributed by atoms with van der Waals surface area (Å²) in [6, 6.07) is 2.03. The molecule has 17 heavy (non-hydrogen) atoms. The minimum absolute atomic E-state index is 0.178. The third kappa shape index (κ3) is 5.00. The maximum Gasteiger partial charge on any atom is 0.134 e. The largest absolute Gasteiger partial charge is 0.393 e. The van der Waals surface area contributed by atoms with Crippen molar-refractivity contribution in [1.82, 2.24) is 9.97 Å². The standard InChI is InChI=1S/C12H20BrN3O/c1-7(2)12-15-10(13)6-11(16-12)14-8(3)5-9(4)17/h6-9,17H,5H2,1-4H3,(H,14,15,16). The lowest BCUT2D eigenvalue weighted by molar-refractivity contribution is 0.179. The molecule has 4 nitrogen and oxygen atoms in total. The molecule has 0 aliphatic carbocycles. The second-order valence-corrected chi connectivity index (χ2v) is 5.53. The number of nitrogens with one attached hydrogen (secondary N) is 1. The molecule has 0 fully saturated rings. The van der Waals surface area contributed by atoms with Crippen molar-refractivity contribution in [1.29, 1.82) is 0 Å². The summed E-state index contributed by atoms with van der Waals surface area (Å²) in [4.78, 5) is 8.76. The molecule has 1 aromatic heterocycles. The highest BCUT2D eigenvalue weighted by molar-refractivity contribution is 9.10. The lowest BCUT2D eigenvalue weighted by Crippen LogP contribution is -2.21. The fraction of sp³-hybridized carbons (Fsp3) is 0.667. The monoisotopic (exact) mass is 301 g/mol. The Morgan fingerprint density at radius 3 is 2.47 bits per heavy atom. The van der Waals surface area contributed by atoms with E-state index in [1.807, 2.05) is 13.0 Å². The molecule has 0 amide bonds. The quantitative estimate of drug-likeness (QED) is 0.821. The molecule has 0 aliphatic rings. The summed E-state index contributed by atoms with van der Waals surface area (Å²) < 4.78 is 0.781. The van der Waals surface area contributed by atoms with E-state index in [1.54, 1.807) is 6.92 Å². The molecule has 5 heteroatoms. The Balaban J connectivity index is 2.77. The van der Waals surface area contributed by atoms with Crippen LogP contribution < -0.4 is 5.32 Å². The molecular weight excluding hydrogens is 282 g/mol. The van der Waals surface area contributed by atoms with Gasteiger partial charge in [-0.25, -0.2) is 9.97 Å². The van der Waals surface area contributed by atoms with E-state index in [-0.39, 0.29) is 12.1 Å². The molecule has 0 bridgehead atoms. The zero-order valence-corrected chi connectivity index (χ0v) is 12.3. The maximum atomic E-state index is 9.32. The van der Waals surface area contributed by atoms with Gasteiger partial charge in [0, 0.05) is 18.0 Å². The molecule has 0 radical (unpaired) electrons. The second kappa shape index (κ2) is 6.31. The molecule has 0 spiro atoms. The van der Waals surface area contributed by atoms with Crippen LogP contribution in [0.3, 0.4) is 0 Å². The van der Waals surface area contributed by atoms with Gasteiger partial charge in [-0.05, 0) is 36.2 Å². The Morgan fingerprint density at radius 1 is 1.29 bits per heavy atom. The van der Waals surface area contributed by atoms with Gasteiger partial charge in [0.05, 0.1) is 6.10 Å². The van der Waals surface area contributed by atoms with Gasteiger partial charge in [0.25, 0.3) is 0 Å². The molecular formula is C12H20BrN3O. The number of rotatable bonds is 5. The van der Waals surface area contributed by atoms with Crippen LogP contribution in [-0.2, 0) is 0 Å². The number of hydrogen-bond acceptors (Lipinski definition) is 4. The Hall–Kier alpha value is -0.680. The summed E-state index contributed by atoms with van der Waals surface area (Å²) in [7, 11) is 0. The van der Waals surface area contributed by atoms with E-state index < -0.39 is 0 Å². The van der Waals surface area contributed by atoms with Gasteiger partial charge in [-0.2, -0.15) is 0 Å². The highest BCUT2D eigenvalue weighted by atomic mass is 79.9. The van der Waals surface area contributed by atoms with Crippen LogP contribution >= 0.6 is 15.9 Å². The van der Waals surface area contributed by atoms with Crippen LogP contribution in [0, 0.1) is 0 Å². The van der Waals surface area contributed by atoms with Gasteiger partial charge in [-0.15, -0.1) is 0 Å². The van der Waals surface area contributed by atoms with Gasteiger partial charge in [-0.3, -0.25) is 0 Å². The van der Waals surface area contributed by atoms with Crippen molar-refractivity contribution in [2.24, 2.45) is 0 Å². The fourth-order valence-corrected chi connectivity index (χ4v) is 1.99. The van der Waals surface area contributed by atoms with Gasteiger partial charge in [0.2, 0.25) is 0 Å². The van der Waals surface area contributed by atoms with Crippen molar-refractivity contribution in [3.63, 3.8) is 0 Å². The van der Waals surface area contributed by atoms with E-state index in [0.29, 0.717) is 12.3 Å². The molecule has 2 N–H and O–H groups in total. The minimum Gasteiger partial charge on any atom is -0.393 e. The van der Waals surface area contributed by atoms with Crippen LogP contribution in [-0.4, -0.2) is 27.2 Å². The molecule has 2 unspecified atom stereocenters. The Kier molecular flexibility index (Phi) is 5.33. The first kappa shape index (κ1) is 14.4. The first-order valence-electron chi connectivity index (χ1n) is 5.87. The van der Waals surface area contributed by atoms with Gasteiger partial charge >= 0.3 is 0 Å². The molecule has 96 valence electrons. The number of halogens is 1. The first-order valence-corrected chi connectivity index (χ1v) is 6.67. The van der Waals surface area contributed by atoms with Crippen LogP contribution in [0.5, 0.6) is 0 Å². The Bertz CT molecular complexity index is 369. The summed E-state index contributed by atoms with van der Waals surface area (Å²) in [6.07, 6.45) is 0.380. The van der Waals surface area contributed by atoms with E-state index in [1.165, 1.54) is 0 Å². The van der Waals surface area contributed by atoms with E-state index in [4.69, 9.17) is 0 Å². The number of anilines is 1. The molecule has 1 heterocycles. The summed E-state index contributed by atoms with van der Waals surface area (Å²) in [6.45, 7) is 7.93. The summed E-state index contributed by atoms with van der Waals surface area (Å²) in [5, 5.41) is 12.6. The van der Waals surface area contributed by atoms with Crippen LogP contribution in [0.25, 0.3) is 0 Å². The third-order valence-corrected chi connectivity index (χ3v) is 2.72. The van der Waals surface area contributed by atoms with E-state index >= 15 is 0 Å². The lowest BCUT2D eigenvalue weighted by atomic mass is 10.1. The van der Waals surface area contributed by atoms with Crippen molar-refractivity contribution >= 4 is 21.7 Å². The lowest BCUT2D eigenvalue weighted by Gasteiger charge is -2.17.